The smallest absolute Gasteiger partial charge is 0.226 e. The molecule has 2 aromatic carbocycles. The predicted molar refractivity (Wildman–Crippen MR) is 111 cm³/mol. The summed E-state index contributed by atoms with van der Waals surface area (Å²) in [5.41, 5.74) is 6.15. The Hall–Kier alpha value is -2.43. The first-order valence-electron chi connectivity index (χ1n) is 9.49. The average Bonchev–Trinajstić information content (AvgIpc) is 2.67. The highest BCUT2D eigenvalue weighted by Gasteiger charge is 2.17. The maximum absolute atomic E-state index is 11.9. The molecule has 0 radical (unpaired) electrons. The van der Waals surface area contributed by atoms with Crippen molar-refractivity contribution in [3.63, 3.8) is 0 Å². The summed E-state index contributed by atoms with van der Waals surface area (Å²) in [6.45, 7) is 5.56. The Morgan fingerprint density at radius 1 is 1.19 bits per heavy atom. The molecule has 1 aliphatic rings. The van der Waals surface area contributed by atoms with Crippen molar-refractivity contribution in [3.05, 3.63) is 70.8 Å². The van der Waals surface area contributed by atoms with E-state index >= 15 is 0 Å². The monoisotopic (exact) mass is 364 g/mol. The Labute approximate surface area is 161 Å². The zero-order valence-corrected chi connectivity index (χ0v) is 16.2. The molecule has 1 aliphatic heterocycles. The maximum atomic E-state index is 11.9. The second kappa shape index (κ2) is 9.49. The summed E-state index contributed by atoms with van der Waals surface area (Å²) in [6, 6.07) is 16.7. The first kappa shape index (κ1) is 19.3. The summed E-state index contributed by atoms with van der Waals surface area (Å²) in [5.74, 6) is -0.00824. The summed E-state index contributed by atoms with van der Waals surface area (Å²) in [4.78, 5) is 14.4. The molecule has 0 atom stereocenters. The minimum absolute atomic E-state index is 0.00824. The van der Waals surface area contributed by atoms with Crippen LogP contribution in [0.25, 0.3) is 6.08 Å². The molecule has 1 N–H and O–H groups in total. The van der Waals surface area contributed by atoms with Crippen LogP contribution in [0.5, 0.6) is 0 Å². The fourth-order valence-corrected chi connectivity index (χ4v) is 3.48. The van der Waals surface area contributed by atoms with Crippen molar-refractivity contribution in [3.8, 4) is 0 Å². The molecule has 0 saturated heterocycles. The molecular formula is C23H28N2O2. The third-order valence-corrected chi connectivity index (χ3v) is 4.80. The van der Waals surface area contributed by atoms with Gasteiger partial charge in [-0.3, -0.25) is 9.69 Å². The van der Waals surface area contributed by atoms with Crippen molar-refractivity contribution in [2.24, 2.45) is 0 Å². The minimum atomic E-state index is -0.00824. The molecule has 4 nitrogen and oxygen atoms in total. The molecule has 0 fully saturated rings. The van der Waals surface area contributed by atoms with Crippen LogP contribution < -0.4 is 5.32 Å². The van der Waals surface area contributed by atoms with Gasteiger partial charge < -0.3 is 10.1 Å². The summed E-state index contributed by atoms with van der Waals surface area (Å²) in [6.07, 6.45) is 3.68. The van der Waals surface area contributed by atoms with E-state index in [1.54, 1.807) is 7.11 Å². The Balaban J connectivity index is 1.62. The van der Waals surface area contributed by atoms with Crippen LogP contribution >= 0.6 is 0 Å². The van der Waals surface area contributed by atoms with E-state index in [9.17, 15) is 4.79 Å². The SMILES string of the molecule is COCCC(=O)Nc1ccc2c(c1)CN(C/C(C)=C/c1ccccc1)CC2. The molecular weight excluding hydrogens is 336 g/mol. The molecule has 0 aliphatic carbocycles. The van der Waals surface area contributed by atoms with Crippen molar-refractivity contribution in [1.29, 1.82) is 0 Å². The van der Waals surface area contributed by atoms with Crippen LogP contribution in [-0.2, 0) is 22.5 Å². The van der Waals surface area contributed by atoms with E-state index in [0.29, 0.717) is 13.0 Å². The molecule has 2 aromatic rings. The summed E-state index contributed by atoms with van der Waals surface area (Å²) < 4.78 is 4.96. The Bertz CT molecular complexity index is 799. The van der Waals surface area contributed by atoms with E-state index in [0.717, 1.165) is 31.7 Å². The lowest BCUT2D eigenvalue weighted by atomic mass is 9.98. The molecule has 0 unspecified atom stereocenters. The molecule has 3 rings (SSSR count). The Morgan fingerprint density at radius 3 is 2.78 bits per heavy atom. The number of carbonyl (C=O) groups is 1. The zero-order valence-electron chi connectivity index (χ0n) is 16.2. The van der Waals surface area contributed by atoms with Crippen molar-refractivity contribution in [2.45, 2.75) is 26.3 Å². The van der Waals surface area contributed by atoms with E-state index in [-0.39, 0.29) is 5.91 Å². The quantitative estimate of drug-likeness (QED) is 0.803. The molecule has 1 amide bonds. The number of amides is 1. The second-order valence-electron chi connectivity index (χ2n) is 7.14. The maximum Gasteiger partial charge on any atom is 0.226 e. The van der Waals surface area contributed by atoms with Gasteiger partial charge in [-0.1, -0.05) is 48.0 Å². The highest BCUT2D eigenvalue weighted by molar-refractivity contribution is 5.90. The number of hydrogen-bond donors (Lipinski definition) is 1. The highest BCUT2D eigenvalue weighted by atomic mass is 16.5. The van der Waals surface area contributed by atoms with E-state index in [4.69, 9.17) is 4.74 Å². The van der Waals surface area contributed by atoms with Crippen molar-refractivity contribution in [1.82, 2.24) is 4.90 Å². The van der Waals surface area contributed by atoms with E-state index in [1.165, 1.54) is 22.3 Å². The van der Waals surface area contributed by atoms with Gasteiger partial charge in [0.25, 0.3) is 0 Å². The molecule has 4 heteroatoms. The normalized spacial score (nSPS) is 14.7. The van der Waals surface area contributed by atoms with Crippen LogP contribution in [0, 0.1) is 0 Å². The van der Waals surface area contributed by atoms with Gasteiger partial charge in [0.15, 0.2) is 0 Å². The zero-order chi connectivity index (χ0) is 19.1. The number of carbonyl (C=O) groups excluding carboxylic acids is 1. The average molecular weight is 364 g/mol. The van der Waals surface area contributed by atoms with Crippen LogP contribution in [0.15, 0.2) is 54.1 Å². The molecule has 27 heavy (non-hydrogen) atoms. The number of benzene rings is 2. The lowest BCUT2D eigenvalue weighted by Crippen LogP contribution is -2.31. The Morgan fingerprint density at radius 2 is 2.00 bits per heavy atom. The number of nitrogens with zero attached hydrogens (tertiary/aromatic N) is 1. The number of nitrogens with one attached hydrogen (secondary N) is 1. The topological polar surface area (TPSA) is 41.6 Å². The lowest BCUT2D eigenvalue weighted by molar-refractivity contribution is -0.117. The van der Waals surface area contributed by atoms with Crippen molar-refractivity contribution in [2.75, 3.05) is 32.1 Å². The van der Waals surface area contributed by atoms with E-state index in [2.05, 4.69) is 59.6 Å². The lowest BCUT2D eigenvalue weighted by Gasteiger charge is -2.29. The molecule has 142 valence electrons. The fraction of sp³-hybridized carbons (Fsp3) is 0.348. The van der Waals surface area contributed by atoms with E-state index in [1.807, 2.05) is 12.1 Å². The van der Waals surface area contributed by atoms with Gasteiger partial charge in [-0.05, 0) is 42.2 Å². The number of hydrogen-bond acceptors (Lipinski definition) is 3. The molecule has 0 aromatic heterocycles. The van der Waals surface area contributed by atoms with Gasteiger partial charge in [0, 0.05) is 32.4 Å². The summed E-state index contributed by atoms with van der Waals surface area (Å²) >= 11 is 0. The highest BCUT2D eigenvalue weighted by Crippen LogP contribution is 2.23. The van der Waals surface area contributed by atoms with Crippen LogP contribution in [0.1, 0.15) is 30.0 Å². The largest absolute Gasteiger partial charge is 0.384 e. The van der Waals surface area contributed by atoms with Gasteiger partial charge in [-0.15, -0.1) is 0 Å². The molecule has 0 spiro atoms. The Kier molecular flexibility index (Phi) is 6.80. The molecule has 1 heterocycles. The number of fused-ring (bicyclic) bond motifs is 1. The number of anilines is 1. The molecule has 0 bridgehead atoms. The van der Waals surface area contributed by atoms with Gasteiger partial charge >= 0.3 is 0 Å². The number of rotatable bonds is 7. The second-order valence-corrected chi connectivity index (χ2v) is 7.14. The van der Waals surface area contributed by atoms with Gasteiger partial charge in [0.05, 0.1) is 13.0 Å². The fourth-order valence-electron chi connectivity index (χ4n) is 3.48. The summed E-state index contributed by atoms with van der Waals surface area (Å²) in [7, 11) is 1.61. The predicted octanol–water partition coefficient (Wildman–Crippen LogP) is 4.12. The first-order valence-corrected chi connectivity index (χ1v) is 9.49. The number of methoxy groups -OCH3 is 1. The standard InChI is InChI=1S/C23H28N2O2/c1-18(14-19-6-4-3-5-7-19)16-25-12-10-20-8-9-22(15-21(20)17-25)24-23(26)11-13-27-2/h3-9,14-15H,10-13,16-17H2,1-2H3,(H,24,26)/b18-14+. The minimum Gasteiger partial charge on any atom is -0.384 e. The third-order valence-electron chi connectivity index (χ3n) is 4.80. The van der Waals surface area contributed by atoms with Crippen LogP contribution in [-0.4, -0.2) is 37.6 Å². The van der Waals surface area contributed by atoms with E-state index < -0.39 is 0 Å². The van der Waals surface area contributed by atoms with Crippen molar-refractivity contribution < 1.29 is 9.53 Å². The van der Waals surface area contributed by atoms with Gasteiger partial charge in [0.1, 0.15) is 0 Å². The first-order chi connectivity index (χ1) is 13.1. The van der Waals surface area contributed by atoms with Crippen LogP contribution in [0.4, 0.5) is 5.69 Å². The van der Waals surface area contributed by atoms with Gasteiger partial charge in [-0.25, -0.2) is 0 Å². The van der Waals surface area contributed by atoms with Crippen molar-refractivity contribution >= 4 is 17.7 Å². The van der Waals surface area contributed by atoms with Crippen LogP contribution in [0.2, 0.25) is 0 Å². The van der Waals surface area contributed by atoms with Crippen LogP contribution in [0.3, 0.4) is 0 Å². The third kappa shape index (κ3) is 5.78. The number of ether oxygens (including phenoxy) is 1. The van der Waals surface area contributed by atoms with Gasteiger partial charge in [-0.2, -0.15) is 0 Å². The molecule has 0 saturated carbocycles. The van der Waals surface area contributed by atoms with Gasteiger partial charge in [0.2, 0.25) is 5.91 Å². The summed E-state index contributed by atoms with van der Waals surface area (Å²) in [5, 5.41) is 2.97.